The van der Waals surface area contributed by atoms with Crippen molar-refractivity contribution in [3.63, 3.8) is 0 Å². The summed E-state index contributed by atoms with van der Waals surface area (Å²) in [7, 11) is 1.97. The van der Waals surface area contributed by atoms with Crippen molar-refractivity contribution in [2.45, 2.75) is 6.54 Å². The Balaban J connectivity index is 2.15. The number of hydrogen-bond acceptors (Lipinski definition) is 3. The van der Waals surface area contributed by atoms with Crippen LogP contribution in [0.2, 0.25) is 5.02 Å². The van der Waals surface area contributed by atoms with Gasteiger partial charge in [0.1, 0.15) is 5.69 Å². The molecule has 0 aliphatic rings. The van der Waals surface area contributed by atoms with Crippen LogP contribution in [0.5, 0.6) is 0 Å². The van der Waals surface area contributed by atoms with E-state index in [-0.39, 0.29) is 0 Å². The largest absolute Gasteiger partial charge is 0.326 e. The molecule has 4 nitrogen and oxygen atoms in total. The molecule has 3 aromatic rings. The number of imidazole rings is 1. The lowest BCUT2D eigenvalue weighted by molar-refractivity contribution is 0.947. The van der Waals surface area contributed by atoms with Crippen molar-refractivity contribution in [2.75, 3.05) is 0 Å². The molecule has 3 rings (SSSR count). The van der Waals surface area contributed by atoms with Crippen molar-refractivity contribution in [1.29, 1.82) is 0 Å². The van der Waals surface area contributed by atoms with Crippen LogP contribution in [0.4, 0.5) is 0 Å². The van der Waals surface area contributed by atoms with Crippen molar-refractivity contribution in [1.82, 2.24) is 14.5 Å². The Bertz CT molecular complexity index is 731. The van der Waals surface area contributed by atoms with E-state index in [1.807, 2.05) is 41.9 Å². The van der Waals surface area contributed by atoms with Crippen LogP contribution in [-0.4, -0.2) is 14.5 Å². The van der Waals surface area contributed by atoms with Crippen LogP contribution in [0.25, 0.3) is 22.6 Å². The minimum absolute atomic E-state index is 0.491. The van der Waals surface area contributed by atoms with Crippen molar-refractivity contribution in [3.8, 4) is 11.5 Å². The Labute approximate surface area is 115 Å². The molecule has 0 atom stereocenters. The lowest BCUT2D eigenvalue weighted by Crippen LogP contribution is -1.99. The van der Waals surface area contributed by atoms with Gasteiger partial charge in [0, 0.05) is 24.8 Å². The highest BCUT2D eigenvalue weighted by Gasteiger charge is 2.11. The fourth-order valence-corrected chi connectivity index (χ4v) is 2.25. The predicted octanol–water partition coefficient (Wildman–Crippen LogP) is 2.75. The van der Waals surface area contributed by atoms with Crippen molar-refractivity contribution in [3.05, 3.63) is 47.1 Å². The summed E-state index contributed by atoms with van der Waals surface area (Å²) in [5.74, 6) is 0.820. The quantitative estimate of drug-likeness (QED) is 0.780. The zero-order valence-electron chi connectivity index (χ0n) is 10.5. The smallest absolute Gasteiger partial charge is 0.159 e. The fourth-order valence-electron chi connectivity index (χ4n) is 2.08. The van der Waals surface area contributed by atoms with Crippen LogP contribution in [0.1, 0.15) is 5.56 Å². The third-order valence-corrected chi connectivity index (χ3v) is 3.37. The van der Waals surface area contributed by atoms with E-state index in [2.05, 4.69) is 9.97 Å². The van der Waals surface area contributed by atoms with Gasteiger partial charge in [0.2, 0.25) is 0 Å². The normalized spacial score (nSPS) is 11.1. The lowest BCUT2D eigenvalue weighted by Gasteiger charge is -2.02. The summed E-state index contributed by atoms with van der Waals surface area (Å²) in [5, 5.41) is 0.684. The van der Waals surface area contributed by atoms with Crippen LogP contribution in [0.3, 0.4) is 0 Å². The number of benzene rings is 1. The van der Waals surface area contributed by atoms with E-state index in [9.17, 15) is 0 Å². The SMILES string of the molecule is Cn1c(-c2ccc(CN)cn2)nc2cc(Cl)ccc21. The van der Waals surface area contributed by atoms with Gasteiger partial charge in [0.05, 0.1) is 11.0 Å². The third kappa shape index (κ3) is 2.09. The topological polar surface area (TPSA) is 56.7 Å². The first-order chi connectivity index (χ1) is 9.19. The summed E-state index contributed by atoms with van der Waals surface area (Å²) in [6.45, 7) is 0.491. The van der Waals surface area contributed by atoms with Crippen LogP contribution in [-0.2, 0) is 13.6 Å². The van der Waals surface area contributed by atoms with E-state index in [0.717, 1.165) is 28.1 Å². The van der Waals surface area contributed by atoms with E-state index in [1.165, 1.54) is 0 Å². The fraction of sp³-hybridized carbons (Fsp3) is 0.143. The second kappa shape index (κ2) is 4.64. The maximum absolute atomic E-state index is 5.99. The second-order valence-corrected chi connectivity index (χ2v) is 4.82. The van der Waals surface area contributed by atoms with E-state index in [1.54, 1.807) is 6.20 Å². The molecule has 5 heteroatoms. The highest BCUT2D eigenvalue weighted by Crippen LogP contribution is 2.24. The number of halogens is 1. The summed E-state index contributed by atoms with van der Waals surface area (Å²) in [4.78, 5) is 8.99. The molecule has 0 saturated carbocycles. The maximum atomic E-state index is 5.99. The standard InChI is InChI=1S/C14H13ClN4/c1-19-13-5-3-10(15)6-12(13)18-14(19)11-4-2-9(7-16)8-17-11/h2-6,8H,7,16H2,1H3. The molecule has 0 aliphatic heterocycles. The minimum atomic E-state index is 0.491. The summed E-state index contributed by atoms with van der Waals surface area (Å²) >= 11 is 5.99. The first-order valence-electron chi connectivity index (χ1n) is 5.96. The van der Waals surface area contributed by atoms with E-state index < -0.39 is 0 Å². The monoisotopic (exact) mass is 272 g/mol. The molecule has 2 heterocycles. The van der Waals surface area contributed by atoms with Crippen LogP contribution < -0.4 is 5.73 Å². The Morgan fingerprint density at radius 3 is 2.79 bits per heavy atom. The molecule has 0 bridgehead atoms. The van der Waals surface area contributed by atoms with Gasteiger partial charge in [0.25, 0.3) is 0 Å². The Morgan fingerprint density at radius 1 is 1.26 bits per heavy atom. The Hall–Kier alpha value is -1.91. The Morgan fingerprint density at radius 2 is 2.11 bits per heavy atom. The molecule has 0 amide bonds. The number of hydrogen-bond donors (Lipinski definition) is 1. The average molecular weight is 273 g/mol. The number of rotatable bonds is 2. The van der Waals surface area contributed by atoms with Gasteiger partial charge < -0.3 is 10.3 Å². The molecule has 1 aromatic carbocycles. The van der Waals surface area contributed by atoms with Crippen LogP contribution in [0.15, 0.2) is 36.5 Å². The number of fused-ring (bicyclic) bond motifs is 1. The highest BCUT2D eigenvalue weighted by molar-refractivity contribution is 6.31. The van der Waals surface area contributed by atoms with E-state index in [0.29, 0.717) is 11.6 Å². The summed E-state index contributed by atoms with van der Waals surface area (Å²) in [6.07, 6.45) is 1.78. The molecule has 2 aromatic heterocycles. The number of nitrogens with two attached hydrogens (primary N) is 1. The van der Waals surface area contributed by atoms with Gasteiger partial charge in [-0.2, -0.15) is 0 Å². The molecule has 96 valence electrons. The highest BCUT2D eigenvalue weighted by atomic mass is 35.5. The summed E-state index contributed by atoms with van der Waals surface area (Å²) in [5.41, 5.74) is 9.30. The summed E-state index contributed by atoms with van der Waals surface area (Å²) in [6, 6.07) is 9.58. The van der Waals surface area contributed by atoms with Gasteiger partial charge in [-0.25, -0.2) is 4.98 Å². The van der Waals surface area contributed by atoms with Crippen molar-refractivity contribution in [2.24, 2.45) is 12.8 Å². The predicted molar refractivity (Wildman–Crippen MR) is 76.8 cm³/mol. The van der Waals surface area contributed by atoms with E-state index in [4.69, 9.17) is 17.3 Å². The van der Waals surface area contributed by atoms with Gasteiger partial charge in [-0.05, 0) is 29.8 Å². The van der Waals surface area contributed by atoms with Crippen molar-refractivity contribution >= 4 is 22.6 Å². The zero-order chi connectivity index (χ0) is 13.4. The molecule has 19 heavy (non-hydrogen) atoms. The minimum Gasteiger partial charge on any atom is -0.326 e. The molecule has 0 radical (unpaired) electrons. The van der Waals surface area contributed by atoms with Gasteiger partial charge >= 0.3 is 0 Å². The average Bonchev–Trinajstić information content (AvgIpc) is 2.75. The molecular weight excluding hydrogens is 260 g/mol. The molecular formula is C14H13ClN4. The molecule has 0 spiro atoms. The molecule has 0 saturated heterocycles. The number of nitrogens with zero attached hydrogens (tertiary/aromatic N) is 3. The third-order valence-electron chi connectivity index (χ3n) is 3.13. The van der Waals surface area contributed by atoms with Crippen molar-refractivity contribution < 1.29 is 0 Å². The first kappa shape index (κ1) is 12.1. The van der Waals surface area contributed by atoms with Gasteiger partial charge in [0.15, 0.2) is 5.82 Å². The second-order valence-electron chi connectivity index (χ2n) is 4.38. The molecule has 2 N–H and O–H groups in total. The number of pyridine rings is 1. The Kier molecular flexibility index (Phi) is 2.97. The van der Waals surface area contributed by atoms with Gasteiger partial charge in [-0.3, -0.25) is 4.98 Å². The lowest BCUT2D eigenvalue weighted by atomic mass is 10.2. The number of aryl methyl sites for hydroxylation is 1. The molecule has 0 fully saturated rings. The maximum Gasteiger partial charge on any atom is 0.159 e. The van der Waals surface area contributed by atoms with Crippen LogP contribution >= 0.6 is 11.6 Å². The zero-order valence-corrected chi connectivity index (χ0v) is 11.2. The van der Waals surface area contributed by atoms with Crippen LogP contribution in [0, 0.1) is 0 Å². The molecule has 0 aliphatic carbocycles. The summed E-state index contributed by atoms with van der Waals surface area (Å²) < 4.78 is 2.01. The van der Waals surface area contributed by atoms with Gasteiger partial charge in [-0.1, -0.05) is 17.7 Å². The number of aromatic nitrogens is 3. The first-order valence-corrected chi connectivity index (χ1v) is 6.34. The molecule has 0 unspecified atom stereocenters. The van der Waals surface area contributed by atoms with E-state index >= 15 is 0 Å². The van der Waals surface area contributed by atoms with Gasteiger partial charge in [-0.15, -0.1) is 0 Å².